The van der Waals surface area contributed by atoms with Gasteiger partial charge in [0.1, 0.15) is 0 Å². The molecule has 1 heterocycles. The zero-order chi connectivity index (χ0) is 12.8. The summed E-state index contributed by atoms with van der Waals surface area (Å²) >= 11 is 0. The Morgan fingerprint density at radius 2 is 1.78 bits per heavy atom. The van der Waals surface area contributed by atoms with Gasteiger partial charge in [-0.3, -0.25) is 0 Å². The van der Waals surface area contributed by atoms with E-state index in [9.17, 15) is 0 Å². The lowest BCUT2D eigenvalue weighted by Gasteiger charge is -2.33. The normalized spacial score (nSPS) is 31.7. The molecule has 0 aromatic rings. The van der Waals surface area contributed by atoms with Crippen molar-refractivity contribution in [2.75, 3.05) is 26.7 Å². The van der Waals surface area contributed by atoms with Crippen LogP contribution in [0.3, 0.4) is 0 Å². The number of nitrogens with zero attached hydrogens (tertiary/aromatic N) is 1. The molecule has 2 rings (SSSR count). The van der Waals surface area contributed by atoms with E-state index in [0.717, 1.165) is 17.9 Å². The zero-order valence-corrected chi connectivity index (χ0v) is 12.5. The molecule has 2 unspecified atom stereocenters. The highest BCUT2D eigenvalue weighted by Gasteiger charge is 2.23. The molecular formula is C16H32N2. The fourth-order valence-corrected chi connectivity index (χ4v) is 3.79. The van der Waals surface area contributed by atoms with Gasteiger partial charge in [0.25, 0.3) is 0 Å². The average Bonchev–Trinajstić information content (AvgIpc) is 2.41. The fraction of sp³-hybridized carbons (Fsp3) is 1.00. The molecule has 18 heavy (non-hydrogen) atoms. The number of piperidine rings is 1. The van der Waals surface area contributed by atoms with Gasteiger partial charge in [0.15, 0.2) is 0 Å². The van der Waals surface area contributed by atoms with Crippen molar-refractivity contribution in [3.8, 4) is 0 Å². The molecule has 0 aromatic heterocycles. The monoisotopic (exact) mass is 252 g/mol. The summed E-state index contributed by atoms with van der Waals surface area (Å²) < 4.78 is 0. The Kier molecular flexibility index (Phi) is 5.97. The third-order valence-corrected chi connectivity index (χ3v) is 5.23. The predicted octanol–water partition coefficient (Wildman–Crippen LogP) is 3.28. The first-order valence-corrected chi connectivity index (χ1v) is 8.21. The maximum absolute atomic E-state index is 3.87. The van der Waals surface area contributed by atoms with E-state index >= 15 is 0 Å². The van der Waals surface area contributed by atoms with Crippen LogP contribution in [-0.4, -0.2) is 37.6 Å². The summed E-state index contributed by atoms with van der Waals surface area (Å²) in [6.07, 6.45) is 11.4. The molecule has 2 aliphatic rings. The van der Waals surface area contributed by atoms with Gasteiger partial charge in [-0.1, -0.05) is 26.2 Å². The molecule has 1 saturated carbocycles. The minimum absolute atomic E-state index is 0.829. The van der Waals surface area contributed by atoms with Gasteiger partial charge in [0.2, 0.25) is 0 Å². The molecule has 1 aliphatic carbocycles. The van der Waals surface area contributed by atoms with Crippen molar-refractivity contribution in [2.45, 2.75) is 64.3 Å². The van der Waals surface area contributed by atoms with Gasteiger partial charge in [-0.15, -0.1) is 0 Å². The third-order valence-electron chi connectivity index (χ3n) is 5.23. The quantitative estimate of drug-likeness (QED) is 0.808. The smallest absolute Gasteiger partial charge is 0.00952 e. The molecule has 0 amide bonds. The number of nitrogens with one attached hydrogen (secondary N) is 1. The first-order valence-electron chi connectivity index (χ1n) is 8.21. The van der Waals surface area contributed by atoms with Crippen molar-refractivity contribution in [3.05, 3.63) is 0 Å². The Morgan fingerprint density at radius 1 is 1.06 bits per heavy atom. The van der Waals surface area contributed by atoms with Crippen LogP contribution >= 0.6 is 0 Å². The Bertz CT molecular complexity index is 221. The van der Waals surface area contributed by atoms with Crippen molar-refractivity contribution in [1.29, 1.82) is 0 Å². The molecule has 2 atom stereocenters. The Hall–Kier alpha value is -0.0800. The number of likely N-dealkylation sites (tertiary alicyclic amines) is 1. The highest BCUT2D eigenvalue weighted by molar-refractivity contribution is 4.80. The molecule has 1 aliphatic heterocycles. The van der Waals surface area contributed by atoms with Crippen molar-refractivity contribution in [2.24, 2.45) is 11.8 Å². The first-order chi connectivity index (χ1) is 8.79. The van der Waals surface area contributed by atoms with Crippen LogP contribution in [0.15, 0.2) is 0 Å². The van der Waals surface area contributed by atoms with E-state index in [-0.39, 0.29) is 0 Å². The second-order valence-electron chi connectivity index (χ2n) is 6.55. The van der Waals surface area contributed by atoms with Crippen LogP contribution in [-0.2, 0) is 0 Å². The minimum atomic E-state index is 0.829. The van der Waals surface area contributed by atoms with Crippen molar-refractivity contribution >= 4 is 0 Å². The first kappa shape index (κ1) is 14.3. The molecule has 2 heteroatoms. The minimum Gasteiger partial charge on any atom is -0.314 e. The van der Waals surface area contributed by atoms with Crippen LogP contribution in [0.5, 0.6) is 0 Å². The van der Waals surface area contributed by atoms with Gasteiger partial charge in [0.05, 0.1) is 0 Å². The van der Waals surface area contributed by atoms with E-state index in [1.54, 1.807) is 0 Å². The lowest BCUT2D eigenvalue weighted by molar-refractivity contribution is 0.202. The molecule has 0 spiro atoms. The molecule has 0 radical (unpaired) electrons. The molecule has 106 valence electrons. The van der Waals surface area contributed by atoms with Crippen molar-refractivity contribution in [1.82, 2.24) is 10.2 Å². The van der Waals surface area contributed by atoms with E-state index < -0.39 is 0 Å². The third kappa shape index (κ3) is 4.24. The highest BCUT2D eigenvalue weighted by atomic mass is 15.1. The molecule has 0 bridgehead atoms. The van der Waals surface area contributed by atoms with Crippen molar-refractivity contribution in [3.63, 3.8) is 0 Å². The molecule has 1 saturated heterocycles. The summed E-state index contributed by atoms with van der Waals surface area (Å²) in [6.45, 7) is 6.24. The van der Waals surface area contributed by atoms with Crippen LogP contribution in [0.2, 0.25) is 0 Å². The van der Waals surface area contributed by atoms with Crippen LogP contribution in [0, 0.1) is 11.8 Å². The van der Waals surface area contributed by atoms with Gasteiger partial charge in [0, 0.05) is 6.04 Å². The van der Waals surface area contributed by atoms with Crippen LogP contribution in [0.4, 0.5) is 0 Å². The van der Waals surface area contributed by atoms with Crippen LogP contribution < -0.4 is 5.32 Å². The Morgan fingerprint density at radius 3 is 2.50 bits per heavy atom. The van der Waals surface area contributed by atoms with Gasteiger partial charge in [-0.05, 0) is 70.6 Å². The fourth-order valence-electron chi connectivity index (χ4n) is 3.79. The van der Waals surface area contributed by atoms with Crippen LogP contribution in [0.25, 0.3) is 0 Å². The average molecular weight is 252 g/mol. The number of hydrogen-bond donors (Lipinski definition) is 1. The van der Waals surface area contributed by atoms with Gasteiger partial charge in [-0.2, -0.15) is 0 Å². The van der Waals surface area contributed by atoms with E-state index in [2.05, 4.69) is 24.2 Å². The number of rotatable bonds is 5. The van der Waals surface area contributed by atoms with Gasteiger partial charge < -0.3 is 10.2 Å². The summed E-state index contributed by atoms with van der Waals surface area (Å²) in [5.74, 6) is 1.94. The lowest BCUT2D eigenvalue weighted by atomic mass is 9.82. The summed E-state index contributed by atoms with van der Waals surface area (Å²) in [5, 5.41) is 3.87. The summed E-state index contributed by atoms with van der Waals surface area (Å²) in [5.41, 5.74) is 0. The summed E-state index contributed by atoms with van der Waals surface area (Å²) in [6, 6.07) is 0.829. The van der Waals surface area contributed by atoms with E-state index in [1.165, 1.54) is 71.0 Å². The molecule has 2 fully saturated rings. The molecule has 0 aromatic carbocycles. The van der Waals surface area contributed by atoms with E-state index in [1.807, 2.05) is 0 Å². The second-order valence-corrected chi connectivity index (χ2v) is 6.55. The predicted molar refractivity (Wildman–Crippen MR) is 78.9 cm³/mol. The lowest BCUT2D eigenvalue weighted by Crippen LogP contribution is -2.40. The Balaban J connectivity index is 1.62. The summed E-state index contributed by atoms with van der Waals surface area (Å²) in [4.78, 5) is 2.47. The van der Waals surface area contributed by atoms with Crippen LogP contribution in [0.1, 0.15) is 58.3 Å². The summed E-state index contributed by atoms with van der Waals surface area (Å²) in [7, 11) is 2.25. The molecular weight excluding hydrogens is 220 g/mol. The Labute approximate surface area is 114 Å². The van der Waals surface area contributed by atoms with E-state index in [4.69, 9.17) is 0 Å². The SMILES string of the molecule is CCC1CCCCC1NCCC1CCN(C)CC1. The van der Waals surface area contributed by atoms with E-state index in [0.29, 0.717) is 0 Å². The number of hydrogen-bond acceptors (Lipinski definition) is 2. The maximum atomic E-state index is 3.87. The molecule has 2 nitrogen and oxygen atoms in total. The maximum Gasteiger partial charge on any atom is 0.00952 e. The van der Waals surface area contributed by atoms with Crippen molar-refractivity contribution < 1.29 is 0 Å². The van der Waals surface area contributed by atoms with Gasteiger partial charge in [-0.25, -0.2) is 0 Å². The zero-order valence-electron chi connectivity index (χ0n) is 12.5. The largest absolute Gasteiger partial charge is 0.314 e. The molecule has 1 N–H and O–H groups in total. The topological polar surface area (TPSA) is 15.3 Å². The second kappa shape index (κ2) is 7.49. The van der Waals surface area contributed by atoms with Gasteiger partial charge >= 0.3 is 0 Å². The standard InChI is InChI=1S/C16H32N2/c1-3-15-6-4-5-7-16(15)17-11-8-14-9-12-18(2)13-10-14/h14-17H,3-13H2,1-2H3. The highest BCUT2D eigenvalue weighted by Crippen LogP contribution is 2.27.